The van der Waals surface area contributed by atoms with E-state index in [0.717, 1.165) is 5.56 Å². The molecule has 138 valence electrons. The maximum atomic E-state index is 12.1. The molecule has 0 spiro atoms. The highest BCUT2D eigenvalue weighted by atomic mass is 16.6. The van der Waals surface area contributed by atoms with Crippen molar-refractivity contribution in [1.82, 2.24) is 10.2 Å². The van der Waals surface area contributed by atoms with Crippen LogP contribution in [0.25, 0.3) is 0 Å². The summed E-state index contributed by atoms with van der Waals surface area (Å²) in [5.41, 5.74) is 0.927. The summed E-state index contributed by atoms with van der Waals surface area (Å²) in [4.78, 5) is 25.5. The molecule has 25 heavy (non-hydrogen) atoms. The standard InChI is InChI=1S/C18H26N2O5/c1-3-23-16-12-20(18(22)24-4-2)11-10-15(16)19-17(21)25-13-14-8-6-5-7-9-14/h5-9,15-16H,3-4,10-13H2,1-2H3,(H,19,21)/t15-,16+/m1/s1. The molecule has 0 aromatic heterocycles. The smallest absolute Gasteiger partial charge is 0.409 e. The zero-order valence-electron chi connectivity index (χ0n) is 14.8. The van der Waals surface area contributed by atoms with Crippen molar-refractivity contribution in [1.29, 1.82) is 0 Å². The van der Waals surface area contributed by atoms with Gasteiger partial charge in [-0.2, -0.15) is 0 Å². The van der Waals surface area contributed by atoms with Crippen LogP contribution in [0.1, 0.15) is 25.8 Å². The molecule has 1 heterocycles. The fourth-order valence-electron chi connectivity index (χ4n) is 2.76. The van der Waals surface area contributed by atoms with Gasteiger partial charge in [0.15, 0.2) is 0 Å². The molecule has 1 saturated heterocycles. The Balaban J connectivity index is 1.85. The average Bonchev–Trinajstić information content (AvgIpc) is 2.62. The van der Waals surface area contributed by atoms with Crippen molar-refractivity contribution < 1.29 is 23.8 Å². The van der Waals surface area contributed by atoms with E-state index in [-0.39, 0.29) is 24.8 Å². The third kappa shape index (κ3) is 5.94. The van der Waals surface area contributed by atoms with Gasteiger partial charge in [-0.05, 0) is 25.8 Å². The van der Waals surface area contributed by atoms with Crippen molar-refractivity contribution >= 4 is 12.2 Å². The first-order valence-electron chi connectivity index (χ1n) is 8.64. The van der Waals surface area contributed by atoms with Gasteiger partial charge in [0, 0.05) is 13.2 Å². The van der Waals surface area contributed by atoms with Gasteiger partial charge in [-0.15, -0.1) is 0 Å². The van der Waals surface area contributed by atoms with E-state index in [1.807, 2.05) is 37.3 Å². The molecule has 2 atom stereocenters. The Morgan fingerprint density at radius 1 is 1.16 bits per heavy atom. The molecule has 2 amide bonds. The molecule has 1 N–H and O–H groups in total. The van der Waals surface area contributed by atoms with Crippen LogP contribution in [0.2, 0.25) is 0 Å². The second kappa shape index (κ2) is 9.88. The SMILES string of the molecule is CCOC(=O)N1CC[C@@H](NC(=O)OCc2ccccc2)[C@@H](OCC)C1. The minimum atomic E-state index is -0.483. The number of likely N-dealkylation sites (tertiary alicyclic amines) is 1. The number of hydrogen-bond donors (Lipinski definition) is 1. The lowest BCUT2D eigenvalue weighted by Gasteiger charge is -2.37. The number of piperidine rings is 1. The summed E-state index contributed by atoms with van der Waals surface area (Å²) in [5.74, 6) is 0. The Morgan fingerprint density at radius 2 is 1.92 bits per heavy atom. The molecule has 0 saturated carbocycles. The van der Waals surface area contributed by atoms with E-state index in [1.54, 1.807) is 11.8 Å². The van der Waals surface area contributed by atoms with Crippen molar-refractivity contribution in [3.05, 3.63) is 35.9 Å². The van der Waals surface area contributed by atoms with Crippen LogP contribution in [0.4, 0.5) is 9.59 Å². The number of nitrogens with zero attached hydrogens (tertiary/aromatic N) is 1. The lowest BCUT2D eigenvalue weighted by atomic mass is 10.0. The van der Waals surface area contributed by atoms with E-state index in [0.29, 0.717) is 32.7 Å². The molecule has 2 rings (SSSR count). The first kappa shape index (κ1) is 19.1. The van der Waals surface area contributed by atoms with E-state index in [9.17, 15) is 9.59 Å². The second-order valence-electron chi connectivity index (χ2n) is 5.74. The van der Waals surface area contributed by atoms with E-state index < -0.39 is 6.09 Å². The van der Waals surface area contributed by atoms with Crippen molar-refractivity contribution in [2.75, 3.05) is 26.3 Å². The number of carbonyl (C=O) groups excluding carboxylic acids is 2. The number of alkyl carbamates (subject to hydrolysis) is 1. The monoisotopic (exact) mass is 350 g/mol. The minimum absolute atomic E-state index is 0.200. The second-order valence-corrected chi connectivity index (χ2v) is 5.74. The molecule has 1 aliphatic rings. The van der Waals surface area contributed by atoms with Crippen molar-refractivity contribution in [3.8, 4) is 0 Å². The minimum Gasteiger partial charge on any atom is -0.450 e. The van der Waals surface area contributed by atoms with Crippen LogP contribution >= 0.6 is 0 Å². The predicted octanol–water partition coefficient (Wildman–Crippen LogP) is 2.55. The number of nitrogens with one attached hydrogen (secondary N) is 1. The fraction of sp³-hybridized carbons (Fsp3) is 0.556. The summed E-state index contributed by atoms with van der Waals surface area (Å²) in [6, 6.07) is 9.30. The molecular weight excluding hydrogens is 324 g/mol. The largest absolute Gasteiger partial charge is 0.450 e. The van der Waals surface area contributed by atoms with E-state index in [1.165, 1.54) is 0 Å². The first-order valence-corrected chi connectivity index (χ1v) is 8.64. The van der Waals surface area contributed by atoms with Gasteiger partial charge >= 0.3 is 12.2 Å². The maximum Gasteiger partial charge on any atom is 0.409 e. The molecule has 0 radical (unpaired) electrons. The lowest BCUT2D eigenvalue weighted by Crippen LogP contribution is -2.56. The fourth-order valence-corrected chi connectivity index (χ4v) is 2.76. The number of benzene rings is 1. The normalized spacial score (nSPS) is 20.0. The Morgan fingerprint density at radius 3 is 2.60 bits per heavy atom. The molecule has 1 fully saturated rings. The molecule has 0 unspecified atom stereocenters. The van der Waals surface area contributed by atoms with Gasteiger partial charge in [-0.25, -0.2) is 9.59 Å². The molecule has 0 bridgehead atoms. The topological polar surface area (TPSA) is 77.1 Å². The highest BCUT2D eigenvalue weighted by molar-refractivity contribution is 5.69. The summed E-state index contributed by atoms with van der Waals surface area (Å²) < 4.78 is 16.0. The summed E-state index contributed by atoms with van der Waals surface area (Å²) in [6.07, 6.45) is -0.530. The van der Waals surface area contributed by atoms with Crippen LogP contribution in [0.3, 0.4) is 0 Å². The Hall–Kier alpha value is -2.28. The third-order valence-electron chi connectivity index (χ3n) is 3.98. The summed E-state index contributed by atoms with van der Waals surface area (Å²) in [6.45, 7) is 5.60. The quantitative estimate of drug-likeness (QED) is 0.853. The molecule has 1 aromatic rings. The van der Waals surface area contributed by atoms with Crippen LogP contribution in [0, 0.1) is 0 Å². The number of rotatable bonds is 6. The van der Waals surface area contributed by atoms with Crippen molar-refractivity contribution in [2.45, 2.75) is 39.0 Å². The van der Waals surface area contributed by atoms with Crippen molar-refractivity contribution in [2.24, 2.45) is 0 Å². The van der Waals surface area contributed by atoms with Gasteiger partial charge in [-0.3, -0.25) is 0 Å². The summed E-state index contributed by atoms with van der Waals surface area (Å²) in [7, 11) is 0. The van der Waals surface area contributed by atoms with Gasteiger partial charge in [0.2, 0.25) is 0 Å². The Bertz CT molecular complexity index is 552. The van der Waals surface area contributed by atoms with Gasteiger partial charge < -0.3 is 24.4 Å². The lowest BCUT2D eigenvalue weighted by molar-refractivity contribution is -0.0164. The summed E-state index contributed by atoms with van der Waals surface area (Å²) >= 11 is 0. The first-order chi connectivity index (χ1) is 12.1. The van der Waals surface area contributed by atoms with E-state index >= 15 is 0 Å². The highest BCUT2D eigenvalue weighted by Crippen LogP contribution is 2.16. The van der Waals surface area contributed by atoms with Gasteiger partial charge in [-0.1, -0.05) is 30.3 Å². The number of hydrogen-bond acceptors (Lipinski definition) is 5. The van der Waals surface area contributed by atoms with Crippen molar-refractivity contribution in [3.63, 3.8) is 0 Å². The zero-order chi connectivity index (χ0) is 18.1. The number of carbonyl (C=O) groups is 2. The van der Waals surface area contributed by atoms with Crippen LogP contribution < -0.4 is 5.32 Å². The average molecular weight is 350 g/mol. The predicted molar refractivity (Wildman–Crippen MR) is 92.2 cm³/mol. The van der Waals surface area contributed by atoms with Gasteiger partial charge in [0.1, 0.15) is 6.61 Å². The molecule has 7 heteroatoms. The maximum absolute atomic E-state index is 12.1. The van der Waals surface area contributed by atoms with Crippen LogP contribution in [0.5, 0.6) is 0 Å². The molecular formula is C18H26N2O5. The van der Waals surface area contributed by atoms with Gasteiger partial charge in [0.25, 0.3) is 0 Å². The van der Waals surface area contributed by atoms with Gasteiger partial charge in [0.05, 0.1) is 25.3 Å². The zero-order valence-corrected chi connectivity index (χ0v) is 14.8. The summed E-state index contributed by atoms with van der Waals surface area (Å²) in [5, 5.41) is 2.85. The molecule has 7 nitrogen and oxygen atoms in total. The van der Waals surface area contributed by atoms with E-state index in [4.69, 9.17) is 14.2 Å². The molecule has 1 aliphatic heterocycles. The molecule has 1 aromatic carbocycles. The molecule has 0 aliphatic carbocycles. The third-order valence-corrected chi connectivity index (χ3v) is 3.98. The number of ether oxygens (including phenoxy) is 3. The van der Waals surface area contributed by atoms with Crippen LogP contribution in [-0.4, -0.2) is 55.5 Å². The number of amides is 2. The highest BCUT2D eigenvalue weighted by Gasteiger charge is 2.33. The van der Waals surface area contributed by atoms with Crippen LogP contribution in [0.15, 0.2) is 30.3 Å². The van der Waals surface area contributed by atoms with E-state index in [2.05, 4.69) is 5.32 Å². The Labute approximate surface area is 148 Å². The van der Waals surface area contributed by atoms with Crippen LogP contribution in [-0.2, 0) is 20.8 Å². The Kier molecular flexibility index (Phi) is 7.53.